The molecule has 0 aliphatic carbocycles. The minimum absolute atomic E-state index is 1.18. The molecule has 1 fully saturated rings. The maximum Gasteiger partial charge on any atom is 0.186 e. The SMILES string of the molecule is CCN(CC)CCN1CCN(CCC[Si](C)(C)OC)CC1. The molecule has 5 heteroatoms. The van der Waals surface area contributed by atoms with Gasteiger partial charge in [-0.3, -0.25) is 4.90 Å². The lowest BCUT2D eigenvalue weighted by atomic mass is 10.3. The second-order valence-corrected chi connectivity index (χ2v) is 11.2. The molecule has 1 aliphatic rings. The van der Waals surface area contributed by atoms with Crippen LogP contribution in [0.4, 0.5) is 0 Å². The van der Waals surface area contributed by atoms with Crippen LogP contribution in [0.15, 0.2) is 0 Å². The molecular formula is C16H37N3OSi. The average Bonchev–Trinajstić information content (AvgIpc) is 2.49. The molecule has 0 unspecified atom stereocenters. The van der Waals surface area contributed by atoms with Gasteiger partial charge >= 0.3 is 0 Å². The van der Waals surface area contributed by atoms with Crippen molar-refractivity contribution in [2.75, 3.05) is 66.0 Å². The summed E-state index contributed by atoms with van der Waals surface area (Å²) in [7, 11) is 0.524. The van der Waals surface area contributed by atoms with Crippen molar-refractivity contribution < 1.29 is 4.43 Å². The van der Waals surface area contributed by atoms with Crippen LogP contribution in [-0.2, 0) is 4.43 Å². The highest BCUT2D eigenvalue weighted by atomic mass is 28.4. The van der Waals surface area contributed by atoms with Crippen LogP contribution in [0.3, 0.4) is 0 Å². The van der Waals surface area contributed by atoms with E-state index in [4.69, 9.17) is 4.43 Å². The quantitative estimate of drug-likeness (QED) is 0.575. The summed E-state index contributed by atoms with van der Waals surface area (Å²) in [5, 5.41) is 0. The maximum atomic E-state index is 5.63. The van der Waals surface area contributed by atoms with Gasteiger partial charge in [0.1, 0.15) is 0 Å². The van der Waals surface area contributed by atoms with Crippen LogP contribution >= 0.6 is 0 Å². The van der Waals surface area contributed by atoms with Gasteiger partial charge in [-0.2, -0.15) is 0 Å². The molecule has 1 aliphatic heterocycles. The summed E-state index contributed by atoms with van der Waals surface area (Å²) in [5.74, 6) is 0. The van der Waals surface area contributed by atoms with Gasteiger partial charge in [0.25, 0.3) is 0 Å². The van der Waals surface area contributed by atoms with Gasteiger partial charge in [-0.15, -0.1) is 0 Å². The number of likely N-dealkylation sites (N-methyl/N-ethyl adjacent to an activating group) is 1. The number of piperazine rings is 1. The van der Waals surface area contributed by atoms with Crippen LogP contribution in [0.5, 0.6) is 0 Å². The predicted octanol–water partition coefficient (Wildman–Crippen LogP) is 2.19. The van der Waals surface area contributed by atoms with E-state index in [2.05, 4.69) is 41.6 Å². The lowest BCUT2D eigenvalue weighted by Gasteiger charge is -2.36. The second-order valence-electron chi connectivity index (χ2n) is 6.78. The third-order valence-corrected chi connectivity index (χ3v) is 7.56. The van der Waals surface area contributed by atoms with Crippen LogP contribution in [0.1, 0.15) is 20.3 Å². The molecule has 0 amide bonds. The fraction of sp³-hybridized carbons (Fsp3) is 1.00. The molecule has 4 nitrogen and oxygen atoms in total. The maximum absolute atomic E-state index is 5.63. The van der Waals surface area contributed by atoms with Gasteiger partial charge in [-0.25, -0.2) is 0 Å². The topological polar surface area (TPSA) is 19.0 Å². The summed E-state index contributed by atoms with van der Waals surface area (Å²) in [4.78, 5) is 7.78. The van der Waals surface area contributed by atoms with Gasteiger partial charge in [0.15, 0.2) is 8.32 Å². The van der Waals surface area contributed by atoms with Crippen molar-refractivity contribution in [2.45, 2.75) is 39.4 Å². The highest BCUT2D eigenvalue weighted by Gasteiger charge is 2.21. The zero-order valence-electron chi connectivity index (χ0n) is 15.0. The van der Waals surface area contributed by atoms with Crippen molar-refractivity contribution in [3.8, 4) is 0 Å². The number of hydrogen-bond donors (Lipinski definition) is 0. The summed E-state index contributed by atoms with van der Waals surface area (Å²) < 4.78 is 5.63. The van der Waals surface area contributed by atoms with Gasteiger partial charge < -0.3 is 14.2 Å². The van der Waals surface area contributed by atoms with Crippen molar-refractivity contribution in [1.29, 1.82) is 0 Å². The van der Waals surface area contributed by atoms with Crippen LogP contribution in [0.25, 0.3) is 0 Å². The Morgan fingerprint density at radius 3 is 1.95 bits per heavy atom. The Hall–Kier alpha value is 0.0569. The van der Waals surface area contributed by atoms with E-state index in [1.807, 2.05) is 7.11 Å². The molecule has 0 atom stereocenters. The largest absolute Gasteiger partial charge is 0.420 e. The van der Waals surface area contributed by atoms with Gasteiger partial charge in [0.2, 0.25) is 0 Å². The van der Waals surface area contributed by atoms with Gasteiger partial charge in [0.05, 0.1) is 0 Å². The van der Waals surface area contributed by atoms with Crippen molar-refractivity contribution in [2.24, 2.45) is 0 Å². The first-order chi connectivity index (χ1) is 10.0. The molecule has 0 saturated carbocycles. The van der Waals surface area contributed by atoms with Crippen LogP contribution in [0, 0.1) is 0 Å². The standard InChI is InChI=1S/C16H37N3OSi/c1-6-17(7-2)10-11-19-14-12-18(13-15-19)9-8-16-21(4,5)20-3/h6-16H2,1-5H3. The lowest BCUT2D eigenvalue weighted by Crippen LogP contribution is -2.48. The van der Waals surface area contributed by atoms with E-state index in [1.54, 1.807) is 0 Å². The van der Waals surface area contributed by atoms with E-state index in [-0.39, 0.29) is 0 Å². The molecule has 1 heterocycles. The number of hydrogen-bond acceptors (Lipinski definition) is 4. The molecule has 0 aromatic carbocycles. The summed E-state index contributed by atoms with van der Waals surface area (Å²) in [5.41, 5.74) is 0. The summed E-state index contributed by atoms with van der Waals surface area (Å²) in [6, 6.07) is 1.28. The Kier molecular flexibility index (Phi) is 9.05. The summed E-state index contributed by atoms with van der Waals surface area (Å²) >= 11 is 0. The third-order valence-electron chi connectivity index (χ3n) is 4.90. The van der Waals surface area contributed by atoms with Crippen LogP contribution < -0.4 is 0 Å². The van der Waals surface area contributed by atoms with Crippen molar-refractivity contribution in [3.05, 3.63) is 0 Å². The monoisotopic (exact) mass is 315 g/mol. The van der Waals surface area contributed by atoms with Crippen LogP contribution in [0.2, 0.25) is 19.1 Å². The Labute approximate surface area is 133 Å². The first-order valence-electron chi connectivity index (χ1n) is 8.73. The Bertz CT molecular complexity index is 264. The molecule has 0 radical (unpaired) electrons. The van der Waals surface area contributed by atoms with Crippen molar-refractivity contribution >= 4 is 8.32 Å². The second kappa shape index (κ2) is 9.95. The van der Waals surface area contributed by atoms with Gasteiger partial charge in [0, 0.05) is 46.4 Å². The first-order valence-corrected chi connectivity index (χ1v) is 11.8. The molecule has 21 heavy (non-hydrogen) atoms. The number of rotatable bonds is 10. The highest BCUT2D eigenvalue weighted by molar-refractivity contribution is 6.71. The van der Waals surface area contributed by atoms with E-state index in [9.17, 15) is 0 Å². The van der Waals surface area contributed by atoms with Crippen molar-refractivity contribution in [3.63, 3.8) is 0 Å². The Morgan fingerprint density at radius 1 is 0.952 bits per heavy atom. The summed E-state index contributed by atoms with van der Waals surface area (Å²) in [6.07, 6.45) is 1.30. The zero-order valence-corrected chi connectivity index (χ0v) is 16.0. The molecule has 1 saturated heterocycles. The lowest BCUT2D eigenvalue weighted by molar-refractivity contribution is 0.120. The van der Waals surface area contributed by atoms with Crippen molar-refractivity contribution in [1.82, 2.24) is 14.7 Å². The van der Waals surface area contributed by atoms with E-state index < -0.39 is 8.32 Å². The minimum atomic E-state index is -1.35. The fourth-order valence-corrected chi connectivity index (χ4v) is 4.10. The molecule has 0 bridgehead atoms. The molecule has 0 spiro atoms. The Balaban J connectivity index is 2.12. The van der Waals surface area contributed by atoms with Gasteiger partial charge in [-0.1, -0.05) is 13.8 Å². The molecule has 1 rings (SSSR count). The Morgan fingerprint density at radius 2 is 1.48 bits per heavy atom. The third kappa shape index (κ3) is 7.75. The molecule has 0 aromatic heterocycles. The van der Waals surface area contributed by atoms with Crippen LogP contribution in [-0.4, -0.2) is 89.0 Å². The van der Waals surface area contributed by atoms with E-state index in [0.717, 1.165) is 0 Å². The van der Waals surface area contributed by atoms with E-state index in [0.29, 0.717) is 0 Å². The summed E-state index contributed by atoms with van der Waals surface area (Å²) in [6.45, 7) is 20.2. The molecule has 126 valence electrons. The smallest absolute Gasteiger partial charge is 0.186 e. The molecule has 0 N–H and O–H groups in total. The molecule has 0 aromatic rings. The first kappa shape index (κ1) is 19.1. The van der Waals surface area contributed by atoms with Gasteiger partial charge in [-0.05, 0) is 45.2 Å². The number of nitrogens with zero attached hydrogens (tertiary/aromatic N) is 3. The normalized spacial score (nSPS) is 18.6. The zero-order chi connectivity index (χ0) is 15.7. The molecular weight excluding hydrogens is 278 g/mol. The average molecular weight is 316 g/mol. The van der Waals surface area contributed by atoms with E-state index in [1.165, 1.54) is 71.4 Å². The minimum Gasteiger partial charge on any atom is -0.420 e. The predicted molar refractivity (Wildman–Crippen MR) is 94.6 cm³/mol. The highest BCUT2D eigenvalue weighted by Crippen LogP contribution is 2.13. The fourth-order valence-electron chi connectivity index (χ4n) is 2.89. The van der Waals surface area contributed by atoms with E-state index >= 15 is 0 Å².